The Balaban J connectivity index is 1.51. The summed E-state index contributed by atoms with van der Waals surface area (Å²) in [5.41, 5.74) is 2.24. The van der Waals surface area contributed by atoms with Gasteiger partial charge in [0.2, 0.25) is 0 Å². The average molecular weight is 546 g/mol. The number of amides is 1. The molecule has 9 nitrogen and oxygen atoms in total. The molecule has 0 bridgehead atoms. The van der Waals surface area contributed by atoms with Gasteiger partial charge in [0, 0.05) is 12.1 Å². The van der Waals surface area contributed by atoms with Gasteiger partial charge in [0.1, 0.15) is 6.61 Å². The SMILES string of the molecule is COc1cc(/C=N\NC(=O)C(O)(c2ccccc2)c2ccccc2)cc(Cl)c1OCc1cccc([N+](=O)[O-])c1. The van der Waals surface area contributed by atoms with Gasteiger partial charge in [-0.05, 0) is 34.4 Å². The summed E-state index contributed by atoms with van der Waals surface area (Å²) >= 11 is 6.43. The Morgan fingerprint density at radius 3 is 2.26 bits per heavy atom. The van der Waals surface area contributed by atoms with Gasteiger partial charge in [0.05, 0.1) is 23.3 Å². The van der Waals surface area contributed by atoms with E-state index in [2.05, 4.69) is 10.5 Å². The number of carbonyl (C=O) groups is 1. The first kappa shape index (κ1) is 27.3. The predicted octanol–water partition coefficient (Wildman–Crippen LogP) is 5.22. The number of non-ortho nitro benzene ring substituents is 1. The van der Waals surface area contributed by atoms with Gasteiger partial charge in [-0.15, -0.1) is 0 Å². The number of ether oxygens (including phenoxy) is 2. The second-order valence-electron chi connectivity index (χ2n) is 8.39. The number of nitrogens with one attached hydrogen (secondary N) is 1. The lowest BCUT2D eigenvalue weighted by Crippen LogP contribution is -2.43. The Morgan fingerprint density at radius 2 is 1.67 bits per heavy atom. The summed E-state index contributed by atoms with van der Waals surface area (Å²) in [7, 11) is 1.44. The number of rotatable bonds is 10. The molecule has 0 aromatic heterocycles. The van der Waals surface area contributed by atoms with E-state index in [4.69, 9.17) is 21.1 Å². The topological polar surface area (TPSA) is 123 Å². The van der Waals surface area contributed by atoms with Crippen LogP contribution in [-0.2, 0) is 17.0 Å². The number of hydrogen-bond acceptors (Lipinski definition) is 7. The lowest BCUT2D eigenvalue weighted by molar-refractivity contribution is -0.384. The summed E-state index contributed by atoms with van der Waals surface area (Å²) in [4.78, 5) is 23.7. The van der Waals surface area contributed by atoms with E-state index < -0.39 is 16.4 Å². The van der Waals surface area contributed by atoms with Crippen LogP contribution >= 0.6 is 11.6 Å². The number of carbonyl (C=O) groups excluding carboxylic acids is 1. The second-order valence-corrected chi connectivity index (χ2v) is 8.80. The smallest absolute Gasteiger partial charge is 0.281 e. The van der Waals surface area contributed by atoms with Crippen molar-refractivity contribution >= 4 is 29.4 Å². The van der Waals surface area contributed by atoms with Crippen LogP contribution in [0, 0.1) is 10.1 Å². The first-order valence-electron chi connectivity index (χ1n) is 11.7. The van der Waals surface area contributed by atoms with Gasteiger partial charge >= 0.3 is 0 Å². The summed E-state index contributed by atoms with van der Waals surface area (Å²) in [5, 5.41) is 26.7. The molecule has 0 saturated carbocycles. The minimum absolute atomic E-state index is 0.0266. The normalized spacial score (nSPS) is 11.3. The summed E-state index contributed by atoms with van der Waals surface area (Å²) in [5.74, 6) is -0.203. The van der Waals surface area contributed by atoms with Gasteiger partial charge in [-0.2, -0.15) is 5.10 Å². The fourth-order valence-corrected chi connectivity index (χ4v) is 4.18. The van der Waals surface area contributed by atoms with Crippen molar-refractivity contribution in [2.45, 2.75) is 12.2 Å². The summed E-state index contributed by atoms with van der Waals surface area (Å²) in [6.07, 6.45) is 1.35. The molecular weight excluding hydrogens is 522 g/mol. The van der Waals surface area contributed by atoms with Crippen molar-refractivity contribution in [3.63, 3.8) is 0 Å². The maximum Gasteiger partial charge on any atom is 0.281 e. The van der Waals surface area contributed by atoms with Crippen molar-refractivity contribution < 1.29 is 24.3 Å². The number of nitro benzene ring substituents is 1. The Labute approximate surface area is 229 Å². The molecule has 4 aromatic rings. The van der Waals surface area contributed by atoms with E-state index in [1.807, 2.05) is 0 Å². The molecule has 2 N–H and O–H groups in total. The highest BCUT2D eigenvalue weighted by Gasteiger charge is 2.39. The van der Waals surface area contributed by atoms with Gasteiger partial charge in [-0.3, -0.25) is 14.9 Å². The van der Waals surface area contributed by atoms with Crippen LogP contribution in [0.2, 0.25) is 5.02 Å². The molecule has 0 unspecified atom stereocenters. The lowest BCUT2D eigenvalue weighted by Gasteiger charge is -2.27. The third kappa shape index (κ3) is 6.23. The lowest BCUT2D eigenvalue weighted by atomic mass is 9.85. The van der Waals surface area contributed by atoms with Gasteiger partial charge in [0.25, 0.3) is 11.6 Å². The van der Waals surface area contributed by atoms with Crippen molar-refractivity contribution in [1.82, 2.24) is 5.43 Å². The zero-order valence-electron chi connectivity index (χ0n) is 20.8. The van der Waals surface area contributed by atoms with E-state index in [-0.39, 0.29) is 23.1 Å². The van der Waals surface area contributed by atoms with Crippen LogP contribution in [0.3, 0.4) is 0 Å². The molecule has 0 saturated heterocycles. The van der Waals surface area contributed by atoms with Crippen molar-refractivity contribution in [3.8, 4) is 11.5 Å². The zero-order valence-corrected chi connectivity index (χ0v) is 21.5. The van der Waals surface area contributed by atoms with Crippen LogP contribution in [-0.4, -0.2) is 29.3 Å². The minimum Gasteiger partial charge on any atom is -0.493 e. The predicted molar refractivity (Wildman–Crippen MR) is 147 cm³/mol. The fourth-order valence-electron chi connectivity index (χ4n) is 3.90. The molecule has 0 heterocycles. The zero-order chi connectivity index (χ0) is 27.8. The highest BCUT2D eigenvalue weighted by molar-refractivity contribution is 6.32. The van der Waals surface area contributed by atoms with E-state index in [9.17, 15) is 20.0 Å². The van der Waals surface area contributed by atoms with Gasteiger partial charge < -0.3 is 14.6 Å². The molecule has 1 amide bonds. The van der Waals surface area contributed by atoms with Crippen molar-refractivity contribution in [2.24, 2.45) is 5.10 Å². The average Bonchev–Trinajstić information content (AvgIpc) is 2.96. The van der Waals surface area contributed by atoms with Crippen LogP contribution in [0.4, 0.5) is 5.69 Å². The Bertz CT molecular complexity index is 1460. The van der Waals surface area contributed by atoms with E-state index >= 15 is 0 Å². The monoisotopic (exact) mass is 545 g/mol. The number of methoxy groups -OCH3 is 1. The third-order valence-corrected chi connectivity index (χ3v) is 6.13. The molecule has 0 spiro atoms. The molecule has 0 atom stereocenters. The van der Waals surface area contributed by atoms with Crippen molar-refractivity contribution in [1.29, 1.82) is 0 Å². The summed E-state index contributed by atoms with van der Waals surface area (Å²) in [6, 6.07) is 26.4. The maximum atomic E-state index is 13.2. The summed E-state index contributed by atoms with van der Waals surface area (Å²) < 4.78 is 11.2. The first-order chi connectivity index (χ1) is 18.8. The number of nitrogens with zero attached hydrogens (tertiary/aromatic N) is 2. The molecule has 10 heteroatoms. The third-order valence-electron chi connectivity index (χ3n) is 5.85. The Hall–Kier alpha value is -4.73. The van der Waals surface area contributed by atoms with Gasteiger partial charge in [-0.1, -0.05) is 84.4 Å². The van der Waals surface area contributed by atoms with Crippen LogP contribution in [0.25, 0.3) is 0 Å². The largest absolute Gasteiger partial charge is 0.493 e. The van der Waals surface area contributed by atoms with Crippen LogP contribution < -0.4 is 14.9 Å². The van der Waals surface area contributed by atoms with E-state index in [1.165, 1.54) is 25.5 Å². The van der Waals surface area contributed by atoms with Crippen LogP contribution in [0.1, 0.15) is 22.3 Å². The molecule has 39 heavy (non-hydrogen) atoms. The molecule has 0 aliphatic heterocycles. The van der Waals surface area contributed by atoms with Crippen LogP contribution in [0.15, 0.2) is 102 Å². The Morgan fingerprint density at radius 1 is 1.03 bits per heavy atom. The molecule has 0 aliphatic carbocycles. The number of benzene rings is 4. The maximum absolute atomic E-state index is 13.2. The van der Waals surface area contributed by atoms with Crippen molar-refractivity contribution in [2.75, 3.05) is 7.11 Å². The van der Waals surface area contributed by atoms with Gasteiger partial charge in [-0.25, -0.2) is 5.43 Å². The first-order valence-corrected chi connectivity index (χ1v) is 12.1. The molecule has 4 rings (SSSR count). The molecule has 198 valence electrons. The molecular formula is C29H24ClN3O6. The molecule has 4 aromatic carbocycles. The van der Waals surface area contributed by atoms with Crippen molar-refractivity contribution in [3.05, 3.63) is 134 Å². The van der Waals surface area contributed by atoms with E-state index in [0.717, 1.165) is 0 Å². The minimum atomic E-state index is -1.97. The Kier molecular flexibility index (Phi) is 8.55. The standard InChI is InChI=1S/C29H24ClN3O6/c1-38-26-17-21(16-25(30)27(26)39-19-20-9-8-14-24(15-20)33(36)37)18-31-32-28(34)29(35,22-10-4-2-5-11-22)23-12-6-3-7-13-23/h2-18,35H,19H2,1H3,(H,32,34)/b31-18-. The van der Waals surface area contributed by atoms with E-state index in [1.54, 1.807) is 84.9 Å². The number of halogens is 1. The summed E-state index contributed by atoms with van der Waals surface area (Å²) in [6.45, 7) is 0.0266. The number of hydrogen-bond donors (Lipinski definition) is 2. The second kappa shape index (κ2) is 12.2. The number of hydrazone groups is 1. The quantitative estimate of drug-likeness (QED) is 0.160. The number of nitro groups is 1. The molecule has 0 fully saturated rings. The van der Waals surface area contributed by atoms with Crippen LogP contribution in [0.5, 0.6) is 11.5 Å². The van der Waals surface area contributed by atoms with Gasteiger partial charge in [0.15, 0.2) is 17.1 Å². The van der Waals surface area contributed by atoms with E-state index in [0.29, 0.717) is 28.0 Å². The number of aliphatic hydroxyl groups is 1. The fraction of sp³-hybridized carbons (Fsp3) is 0.103. The molecule has 0 radical (unpaired) electrons. The molecule has 0 aliphatic rings. The highest BCUT2D eigenvalue weighted by Crippen LogP contribution is 2.37. The highest BCUT2D eigenvalue weighted by atomic mass is 35.5.